The zero-order valence-corrected chi connectivity index (χ0v) is 29.5. The molecule has 0 aliphatic carbocycles. The minimum absolute atomic E-state index is 0.0210. The van der Waals surface area contributed by atoms with Crippen molar-refractivity contribution in [3.8, 4) is 29.0 Å². The molecule has 250 valence electrons. The monoisotopic (exact) mass is 645 g/mol. The van der Waals surface area contributed by atoms with E-state index >= 15 is 0 Å². The van der Waals surface area contributed by atoms with Gasteiger partial charge in [0.25, 0.3) is 5.70 Å². The molecule has 0 atom stereocenters. The van der Waals surface area contributed by atoms with E-state index in [4.69, 9.17) is 31.1 Å². The zero-order valence-electron chi connectivity index (χ0n) is 29.5. The van der Waals surface area contributed by atoms with Crippen LogP contribution >= 0.6 is 0 Å². The van der Waals surface area contributed by atoms with E-state index in [-0.39, 0.29) is 22.1 Å². The van der Waals surface area contributed by atoms with Crippen LogP contribution in [-0.4, -0.2) is 47.4 Å². The summed E-state index contributed by atoms with van der Waals surface area (Å²) in [5.41, 5.74) is 6.80. The van der Waals surface area contributed by atoms with Crippen molar-refractivity contribution in [2.45, 2.75) is 104 Å². The number of methoxy groups -OCH3 is 1. The molecule has 9 nitrogen and oxygen atoms in total. The molecule has 9 heteroatoms. The Balaban J connectivity index is 1.41. The second-order valence-electron chi connectivity index (χ2n) is 14.6. The molecule has 0 unspecified atom stereocenters. The van der Waals surface area contributed by atoms with E-state index in [1.807, 2.05) is 18.2 Å². The van der Waals surface area contributed by atoms with Crippen molar-refractivity contribution in [1.82, 2.24) is 14.8 Å². The minimum atomic E-state index is -0.0233. The highest BCUT2D eigenvalue weighted by Crippen LogP contribution is 2.52. The first kappa shape index (κ1) is 33.3. The Bertz CT molecular complexity index is 1880. The van der Waals surface area contributed by atoms with Gasteiger partial charge in [-0.15, -0.1) is 5.10 Å². The molecule has 0 spiro atoms. The van der Waals surface area contributed by atoms with Gasteiger partial charge in [-0.1, -0.05) is 66.7 Å². The van der Waals surface area contributed by atoms with Crippen LogP contribution < -0.4 is 14.4 Å². The Hall–Kier alpha value is -4.63. The van der Waals surface area contributed by atoms with Crippen molar-refractivity contribution >= 4 is 22.8 Å². The van der Waals surface area contributed by atoms with Gasteiger partial charge >= 0.3 is 0 Å². The van der Waals surface area contributed by atoms with E-state index in [0.29, 0.717) is 41.2 Å². The van der Waals surface area contributed by atoms with E-state index in [1.54, 1.807) is 11.8 Å². The van der Waals surface area contributed by atoms with Crippen molar-refractivity contribution < 1.29 is 9.47 Å². The third-order valence-corrected chi connectivity index (χ3v) is 10.4. The van der Waals surface area contributed by atoms with Gasteiger partial charge in [0.05, 0.1) is 37.6 Å². The number of nitrogens with zero attached hydrogens (tertiary/aromatic N) is 7. The molecule has 1 aromatic heterocycles. The van der Waals surface area contributed by atoms with Crippen LogP contribution in [0.5, 0.6) is 11.5 Å². The molecule has 0 amide bonds. The quantitative estimate of drug-likeness (QED) is 0.153. The predicted molar refractivity (Wildman–Crippen MR) is 191 cm³/mol. The van der Waals surface area contributed by atoms with Crippen molar-refractivity contribution in [1.29, 1.82) is 5.26 Å². The maximum absolute atomic E-state index is 10.2. The van der Waals surface area contributed by atoms with E-state index in [2.05, 4.69) is 63.4 Å². The lowest BCUT2D eigenvalue weighted by atomic mass is 9.68. The summed E-state index contributed by atoms with van der Waals surface area (Å²) in [7, 11) is 1.61. The topological polar surface area (TPSA) is 92.9 Å². The fourth-order valence-electron chi connectivity index (χ4n) is 7.47. The van der Waals surface area contributed by atoms with Gasteiger partial charge in [-0.2, -0.15) is 5.26 Å². The summed E-state index contributed by atoms with van der Waals surface area (Å²) in [6.07, 6.45) is 9.26. The number of benzene rings is 2. The molecule has 4 heterocycles. The fourth-order valence-corrected chi connectivity index (χ4v) is 7.47. The lowest BCUT2D eigenvalue weighted by Crippen LogP contribution is -2.45. The van der Waals surface area contributed by atoms with Crippen LogP contribution in [0.15, 0.2) is 35.0 Å². The van der Waals surface area contributed by atoms with Gasteiger partial charge in [-0.3, -0.25) is 0 Å². The van der Waals surface area contributed by atoms with E-state index < -0.39 is 0 Å². The standard InChI is InChI=1S/C39H47N7O2/c1-9-10-11-12-13-14-21-48-26-15-16-31(47-8)27(22-26)35-43-36-28(24-40)33(41-7)37(46(36)44-35)42-30-23-29-34-32(25(30)2)39(5,6)18-20-45(34)19-17-38(29,3)4/h15-16,22-23H,9-14,17-21H2,1-6,8H3/b42-37+. The zero-order chi connectivity index (χ0) is 34.2. The summed E-state index contributed by atoms with van der Waals surface area (Å²) < 4.78 is 13.4. The molecular formula is C39H47N7O2. The van der Waals surface area contributed by atoms with Crippen molar-refractivity contribution in [3.63, 3.8) is 0 Å². The summed E-state index contributed by atoms with van der Waals surface area (Å²) in [6, 6.07) is 10.1. The number of hydrogen-bond donors (Lipinski definition) is 0. The van der Waals surface area contributed by atoms with Crippen LogP contribution in [0.4, 0.5) is 11.4 Å². The lowest BCUT2D eigenvalue weighted by Gasteiger charge is -2.49. The molecule has 0 radical (unpaired) electrons. The van der Waals surface area contributed by atoms with Crippen LogP contribution in [0.3, 0.4) is 0 Å². The Morgan fingerprint density at radius 1 is 1.04 bits per heavy atom. The van der Waals surface area contributed by atoms with Crippen LogP contribution in [0.2, 0.25) is 0 Å². The summed E-state index contributed by atoms with van der Waals surface area (Å²) in [6.45, 7) is 24.4. The maximum atomic E-state index is 10.2. The Morgan fingerprint density at radius 2 is 1.77 bits per heavy atom. The van der Waals surface area contributed by atoms with Crippen LogP contribution in [0, 0.1) is 24.8 Å². The number of aliphatic imine (C=N–C) groups is 1. The van der Waals surface area contributed by atoms with Crippen molar-refractivity contribution in [2.75, 3.05) is 31.7 Å². The third kappa shape index (κ3) is 5.85. The number of hydrogen-bond acceptors (Lipinski definition) is 7. The highest BCUT2D eigenvalue weighted by molar-refractivity contribution is 6.15. The van der Waals surface area contributed by atoms with Gasteiger partial charge < -0.3 is 14.4 Å². The number of anilines is 1. The van der Waals surface area contributed by atoms with Gasteiger partial charge in [0, 0.05) is 18.8 Å². The van der Waals surface area contributed by atoms with E-state index in [0.717, 1.165) is 50.0 Å². The van der Waals surface area contributed by atoms with Crippen molar-refractivity contribution in [2.24, 2.45) is 4.99 Å². The number of fused-ring (bicyclic) bond motifs is 1. The van der Waals surface area contributed by atoms with Crippen LogP contribution in [0.25, 0.3) is 21.8 Å². The number of unbranched alkanes of at least 4 members (excludes halogenated alkanes) is 5. The second kappa shape index (κ2) is 13.1. The summed E-state index contributed by atoms with van der Waals surface area (Å²) in [5.74, 6) is 2.31. The second-order valence-corrected chi connectivity index (χ2v) is 14.6. The van der Waals surface area contributed by atoms with Gasteiger partial charge in [-0.05, 0) is 78.0 Å². The van der Waals surface area contributed by atoms with Gasteiger partial charge in [0.1, 0.15) is 17.1 Å². The molecule has 6 rings (SSSR count). The molecule has 0 bridgehead atoms. The van der Waals surface area contributed by atoms with Crippen molar-refractivity contribution in [3.05, 3.63) is 63.9 Å². The highest BCUT2D eigenvalue weighted by Gasteiger charge is 2.42. The first-order chi connectivity index (χ1) is 23.0. The average molecular weight is 646 g/mol. The van der Waals surface area contributed by atoms with Gasteiger partial charge in [0.15, 0.2) is 17.5 Å². The molecule has 0 saturated heterocycles. The van der Waals surface area contributed by atoms with Gasteiger partial charge in [-0.25, -0.2) is 19.5 Å². The smallest absolute Gasteiger partial charge is 0.251 e. The Labute approximate surface area is 285 Å². The number of aromatic nitrogens is 3. The summed E-state index contributed by atoms with van der Waals surface area (Å²) >= 11 is 0. The number of rotatable bonds is 11. The first-order valence-corrected chi connectivity index (χ1v) is 17.4. The van der Waals surface area contributed by atoms with Gasteiger partial charge in [0.2, 0.25) is 0 Å². The van der Waals surface area contributed by atoms with Crippen LogP contribution in [0.1, 0.15) is 109 Å². The van der Waals surface area contributed by atoms with E-state index in [1.165, 1.54) is 42.5 Å². The number of nitriles is 1. The molecule has 3 aromatic rings. The number of allylic oxidation sites excluding steroid dienone is 2. The lowest BCUT2D eigenvalue weighted by molar-refractivity contribution is 0.304. The highest BCUT2D eigenvalue weighted by atomic mass is 16.5. The first-order valence-electron chi connectivity index (χ1n) is 17.4. The molecule has 0 N–H and O–H groups in total. The fraction of sp³-hybridized carbons (Fsp3) is 0.513. The molecule has 3 aliphatic heterocycles. The summed E-state index contributed by atoms with van der Waals surface area (Å²) in [4.78, 5) is 16.3. The molecule has 0 fully saturated rings. The molecule has 48 heavy (non-hydrogen) atoms. The summed E-state index contributed by atoms with van der Waals surface area (Å²) in [5, 5.41) is 15.1. The van der Waals surface area contributed by atoms with Crippen LogP contribution in [-0.2, 0) is 10.8 Å². The minimum Gasteiger partial charge on any atom is -0.496 e. The largest absolute Gasteiger partial charge is 0.496 e. The Morgan fingerprint density at radius 3 is 2.48 bits per heavy atom. The average Bonchev–Trinajstić information content (AvgIpc) is 3.61. The number of ether oxygens (including phenoxy) is 2. The molecular weight excluding hydrogens is 598 g/mol. The maximum Gasteiger partial charge on any atom is 0.251 e. The van der Waals surface area contributed by atoms with E-state index in [9.17, 15) is 5.26 Å². The molecule has 2 aromatic carbocycles. The predicted octanol–water partition coefficient (Wildman–Crippen LogP) is 8.92. The Kier molecular flexibility index (Phi) is 9.09. The SMILES string of the molecule is [C-]#[N+]C1=C(C#N)c2nc(-c3cc(OCCCCCCCC)ccc3OC)nn2/C1=N/c1cc2c3c(c1C)C(C)(C)CCN3CCC2(C)C. The molecule has 3 aliphatic rings. The third-order valence-electron chi connectivity index (χ3n) is 10.4. The normalized spacial score (nSPS) is 17.9. The molecule has 0 saturated carbocycles.